The fraction of sp³-hybridized carbons (Fsp3) is 0.154. The number of hydrogen-bond donors (Lipinski definition) is 1. The van der Waals surface area contributed by atoms with Gasteiger partial charge in [-0.25, -0.2) is 13.6 Å². The molecule has 2 aromatic rings. The van der Waals surface area contributed by atoms with Gasteiger partial charge in [-0.1, -0.05) is 29.3 Å². The van der Waals surface area contributed by atoms with Gasteiger partial charge in [0, 0.05) is 5.69 Å². The lowest BCUT2D eigenvalue weighted by Gasteiger charge is -2.11. The van der Waals surface area contributed by atoms with E-state index in [1.54, 1.807) is 6.07 Å². The molecule has 0 bridgehead atoms. The number of aromatic nitrogens is 1. The van der Waals surface area contributed by atoms with E-state index in [1.807, 2.05) is 19.1 Å². The molecule has 0 fully saturated rings. The van der Waals surface area contributed by atoms with Crippen molar-refractivity contribution in [3.8, 4) is 5.75 Å². The quantitative estimate of drug-likeness (QED) is 0.922. The highest BCUT2D eigenvalue weighted by atomic mass is 35.5. The van der Waals surface area contributed by atoms with Crippen LogP contribution in [0.25, 0.3) is 0 Å². The maximum Gasteiger partial charge on any atom is 0.239 e. The monoisotopic (exact) mass is 346 g/mol. The van der Waals surface area contributed by atoms with Crippen molar-refractivity contribution in [1.29, 1.82) is 0 Å². The third-order valence-electron chi connectivity index (χ3n) is 2.64. The Labute approximate surface area is 132 Å². The summed E-state index contributed by atoms with van der Waals surface area (Å²) in [6.45, 7) is 2.06. The fourth-order valence-corrected chi connectivity index (χ4v) is 3.04. The predicted octanol–water partition coefficient (Wildman–Crippen LogP) is 2.92. The average molecular weight is 347 g/mol. The van der Waals surface area contributed by atoms with Crippen molar-refractivity contribution in [2.75, 3.05) is 0 Å². The van der Waals surface area contributed by atoms with Crippen LogP contribution < -0.4 is 9.88 Å². The van der Waals surface area contributed by atoms with Crippen molar-refractivity contribution >= 4 is 33.2 Å². The summed E-state index contributed by atoms with van der Waals surface area (Å²) in [6.07, 6.45) is 0. The number of sulfonamides is 1. The first kappa shape index (κ1) is 16.0. The van der Waals surface area contributed by atoms with Gasteiger partial charge in [0.25, 0.3) is 0 Å². The molecule has 5 nitrogen and oxygen atoms in total. The summed E-state index contributed by atoms with van der Waals surface area (Å²) in [5.41, 5.74) is 1.59. The summed E-state index contributed by atoms with van der Waals surface area (Å²) in [4.78, 5) is 4.04. The smallest absolute Gasteiger partial charge is 0.239 e. The number of halogens is 2. The average Bonchev–Trinajstić information content (AvgIpc) is 2.39. The van der Waals surface area contributed by atoms with E-state index in [9.17, 15) is 8.42 Å². The van der Waals surface area contributed by atoms with Gasteiger partial charge in [-0.3, -0.25) is 4.98 Å². The third-order valence-corrected chi connectivity index (χ3v) is 4.57. The molecule has 2 rings (SSSR count). The molecule has 0 spiro atoms. The number of nitrogens with zero attached hydrogens (tertiary/aromatic N) is 1. The summed E-state index contributed by atoms with van der Waals surface area (Å²) in [5, 5.41) is 4.87. The zero-order valence-electron chi connectivity index (χ0n) is 11.0. The molecule has 1 heterocycles. The lowest BCUT2D eigenvalue weighted by Crippen LogP contribution is -2.13. The van der Waals surface area contributed by atoms with Gasteiger partial charge < -0.3 is 4.74 Å². The summed E-state index contributed by atoms with van der Waals surface area (Å²) >= 11 is 11.9. The van der Waals surface area contributed by atoms with Crippen LogP contribution in [0.15, 0.2) is 35.2 Å². The molecular weight excluding hydrogens is 335 g/mol. The second-order valence-corrected chi connectivity index (χ2v) is 6.58. The standard InChI is InChI=1S/C13H12Cl2N2O3S/c1-8-3-2-4-9(17-8)7-20-10-5-6-11(21(16,18)19)13(15)12(10)14/h2-6H,7H2,1H3,(H2,16,18,19). The Hall–Kier alpha value is -1.34. The van der Waals surface area contributed by atoms with Gasteiger partial charge in [0.15, 0.2) is 0 Å². The largest absolute Gasteiger partial charge is 0.486 e. The number of primary sulfonamides is 1. The molecule has 0 aliphatic carbocycles. The molecule has 0 amide bonds. The summed E-state index contributed by atoms with van der Waals surface area (Å²) in [5.74, 6) is 0.261. The van der Waals surface area contributed by atoms with E-state index in [4.69, 9.17) is 33.1 Å². The first-order valence-electron chi connectivity index (χ1n) is 5.85. The van der Waals surface area contributed by atoms with Crippen LogP contribution in [-0.2, 0) is 16.6 Å². The summed E-state index contributed by atoms with van der Waals surface area (Å²) in [7, 11) is -3.93. The molecular formula is C13H12Cl2N2O3S. The van der Waals surface area contributed by atoms with Crippen molar-refractivity contribution in [2.45, 2.75) is 18.4 Å². The topological polar surface area (TPSA) is 82.3 Å². The number of ether oxygens (including phenoxy) is 1. The second-order valence-electron chi connectivity index (χ2n) is 4.29. The van der Waals surface area contributed by atoms with Gasteiger partial charge >= 0.3 is 0 Å². The van der Waals surface area contributed by atoms with Crippen LogP contribution in [-0.4, -0.2) is 13.4 Å². The van der Waals surface area contributed by atoms with Gasteiger partial charge in [-0.05, 0) is 31.2 Å². The van der Waals surface area contributed by atoms with Crippen LogP contribution in [0.1, 0.15) is 11.4 Å². The number of rotatable bonds is 4. The zero-order chi connectivity index (χ0) is 15.6. The lowest BCUT2D eigenvalue weighted by molar-refractivity contribution is 0.301. The molecule has 0 aliphatic rings. The van der Waals surface area contributed by atoms with E-state index in [-0.39, 0.29) is 27.3 Å². The molecule has 0 unspecified atom stereocenters. The van der Waals surface area contributed by atoms with Gasteiger partial charge in [0.1, 0.15) is 22.3 Å². The molecule has 8 heteroatoms. The molecule has 1 aromatic heterocycles. The molecule has 1 aromatic carbocycles. The SMILES string of the molecule is Cc1cccc(COc2ccc(S(N)(=O)=O)c(Cl)c2Cl)n1. The number of nitrogens with two attached hydrogens (primary N) is 1. The molecule has 2 N–H and O–H groups in total. The Bertz CT molecular complexity index is 779. The number of benzene rings is 1. The maximum absolute atomic E-state index is 11.3. The van der Waals surface area contributed by atoms with Crippen LogP contribution >= 0.6 is 23.2 Å². The van der Waals surface area contributed by atoms with Gasteiger partial charge in [-0.2, -0.15) is 0 Å². The third kappa shape index (κ3) is 3.85. The lowest BCUT2D eigenvalue weighted by atomic mass is 10.3. The number of pyridine rings is 1. The van der Waals surface area contributed by atoms with E-state index >= 15 is 0 Å². The highest BCUT2D eigenvalue weighted by molar-refractivity contribution is 7.89. The van der Waals surface area contributed by atoms with Crippen LogP contribution in [0.4, 0.5) is 0 Å². The van der Waals surface area contributed by atoms with Crippen LogP contribution in [0.2, 0.25) is 10.0 Å². The molecule has 0 saturated carbocycles. The molecule has 0 aliphatic heterocycles. The van der Waals surface area contributed by atoms with E-state index in [0.717, 1.165) is 11.4 Å². The second kappa shape index (κ2) is 6.19. The van der Waals surface area contributed by atoms with Gasteiger partial charge in [0.2, 0.25) is 10.0 Å². The maximum atomic E-state index is 11.3. The van der Waals surface area contributed by atoms with E-state index in [0.29, 0.717) is 0 Å². The Kier molecular flexibility index (Phi) is 4.73. The molecule has 0 atom stereocenters. The van der Waals surface area contributed by atoms with E-state index < -0.39 is 10.0 Å². The molecule has 0 saturated heterocycles. The minimum absolute atomic E-state index is 0.00385. The first-order valence-corrected chi connectivity index (χ1v) is 8.15. The van der Waals surface area contributed by atoms with Crippen LogP contribution in [0.5, 0.6) is 5.75 Å². The highest BCUT2D eigenvalue weighted by Crippen LogP contribution is 2.36. The van der Waals surface area contributed by atoms with E-state index in [2.05, 4.69) is 4.98 Å². The number of hydrogen-bond acceptors (Lipinski definition) is 4. The molecule has 21 heavy (non-hydrogen) atoms. The van der Waals surface area contributed by atoms with E-state index in [1.165, 1.54) is 12.1 Å². The fourth-order valence-electron chi connectivity index (χ4n) is 1.68. The molecule has 0 radical (unpaired) electrons. The van der Waals surface area contributed by atoms with Crippen LogP contribution in [0.3, 0.4) is 0 Å². The van der Waals surface area contributed by atoms with Crippen molar-refractivity contribution in [2.24, 2.45) is 5.14 Å². The van der Waals surface area contributed by atoms with Gasteiger partial charge in [0.05, 0.1) is 10.7 Å². The van der Waals surface area contributed by atoms with Crippen molar-refractivity contribution in [1.82, 2.24) is 4.98 Å². The first-order chi connectivity index (χ1) is 9.79. The minimum atomic E-state index is -3.93. The summed E-state index contributed by atoms with van der Waals surface area (Å²) < 4.78 is 28.1. The van der Waals surface area contributed by atoms with Crippen LogP contribution in [0, 0.1) is 6.92 Å². The molecule has 112 valence electrons. The highest BCUT2D eigenvalue weighted by Gasteiger charge is 2.18. The minimum Gasteiger partial charge on any atom is -0.486 e. The zero-order valence-corrected chi connectivity index (χ0v) is 13.3. The Morgan fingerprint density at radius 3 is 2.52 bits per heavy atom. The number of aryl methyl sites for hydroxylation is 1. The normalized spacial score (nSPS) is 11.4. The van der Waals surface area contributed by atoms with Crippen molar-refractivity contribution in [3.05, 3.63) is 51.8 Å². The predicted molar refractivity (Wildman–Crippen MR) is 81.1 cm³/mol. The van der Waals surface area contributed by atoms with Crippen molar-refractivity contribution < 1.29 is 13.2 Å². The Morgan fingerprint density at radius 1 is 1.19 bits per heavy atom. The summed E-state index contributed by atoms with van der Waals surface area (Å²) in [6, 6.07) is 8.20. The van der Waals surface area contributed by atoms with Gasteiger partial charge in [-0.15, -0.1) is 0 Å². The Balaban J connectivity index is 2.24. The van der Waals surface area contributed by atoms with Crippen molar-refractivity contribution in [3.63, 3.8) is 0 Å². The Morgan fingerprint density at radius 2 is 1.90 bits per heavy atom.